The van der Waals surface area contributed by atoms with E-state index in [-0.39, 0.29) is 0 Å². The van der Waals surface area contributed by atoms with Crippen molar-refractivity contribution in [1.29, 1.82) is 0 Å². The maximum absolute atomic E-state index is 12.0. The van der Waals surface area contributed by atoms with E-state index in [1.807, 2.05) is 0 Å². The number of carbonyl (C=O) groups is 2. The number of aldehydes is 1. The lowest BCUT2D eigenvalue weighted by molar-refractivity contribution is -0.123. The number of hydrogen-bond acceptors (Lipinski definition) is 2. The minimum absolute atomic E-state index is 0.404. The van der Waals surface area contributed by atoms with Crippen LogP contribution in [0.2, 0.25) is 0 Å². The molecule has 0 heterocycles. The van der Waals surface area contributed by atoms with Crippen molar-refractivity contribution in [2.75, 3.05) is 0 Å². The zero-order chi connectivity index (χ0) is 14.5. The van der Waals surface area contributed by atoms with Gasteiger partial charge in [0.25, 0.3) is 0 Å². The van der Waals surface area contributed by atoms with Crippen molar-refractivity contribution in [2.24, 2.45) is 5.92 Å². The zero-order valence-corrected chi connectivity index (χ0v) is 13.1. The number of ketones is 1. The molecule has 116 valence electrons. The lowest BCUT2D eigenvalue weighted by Gasteiger charge is -2.20. The minimum Gasteiger partial charge on any atom is -0.303 e. The highest BCUT2D eigenvalue weighted by Crippen LogP contribution is 2.26. The molecule has 0 radical (unpaired) electrons. The van der Waals surface area contributed by atoms with Crippen LogP contribution in [-0.4, -0.2) is 12.1 Å². The summed E-state index contributed by atoms with van der Waals surface area (Å²) in [6.07, 6.45) is 18.4. The standard InChI is InChI=1S/C18H32O2/c19-16-12-7-5-3-1-2-4-6-11-15-18(20)17-13-9-8-10-14-17/h16-17H,1-15H2. The summed E-state index contributed by atoms with van der Waals surface area (Å²) in [5.74, 6) is 0.945. The third-order valence-electron chi connectivity index (χ3n) is 4.56. The van der Waals surface area contributed by atoms with E-state index in [1.54, 1.807) is 0 Å². The van der Waals surface area contributed by atoms with E-state index in [0.717, 1.165) is 44.8 Å². The Labute approximate surface area is 124 Å². The largest absolute Gasteiger partial charge is 0.303 e. The van der Waals surface area contributed by atoms with Crippen LogP contribution >= 0.6 is 0 Å². The highest BCUT2D eigenvalue weighted by atomic mass is 16.1. The van der Waals surface area contributed by atoms with Crippen molar-refractivity contribution in [3.63, 3.8) is 0 Å². The molecular formula is C18H32O2. The summed E-state index contributed by atoms with van der Waals surface area (Å²) >= 11 is 0. The maximum atomic E-state index is 12.0. The summed E-state index contributed by atoms with van der Waals surface area (Å²) in [5.41, 5.74) is 0. The topological polar surface area (TPSA) is 34.1 Å². The first-order chi connectivity index (χ1) is 9.84. The van der Waals surface area contributed by atoms with Gasteiger partial charge in [-0.05, 0) is 25.7 Å². The van der Waals surface area contributed by atoms with Crippen molar-refractivity contribution in [1.82, 2.24) is 0 Å². The first kappa shape index (κ1) is 17.4. The van der Waals surface area contributed by atoms with Crippen LogP contribution in [0.15, 0.2) is 0 Å². The molecule has 0 aromatic heterocycles. The molecule has 0 aliphatic heterocycles. The predicted octanol–water partition coefficient (Wildman–Crippen LogP) is 5.24. The fourth-order valence-corrected chi connectivity index (χ4v) is 3.22. The van der Waals surface area contributed by atoms with Gasteiger partial charge in [-0.1, -0.05) is 57.8 Å². The third kappa shape index (κ3) is 8.50. The quantitative estimate of drug-likeness (QED) is 0.362. The van der Waals surface area contributed by atoms with Gasteiger partial charge in [-0.2, -0.15) is 0 Å². The molecule has 0 aromatic rings. The van der Waals surface area contributed by atoms with E-state index in [1.165, 1.54) is 57.8 Å². The predicted molar refractivity (Wildman–Crippen MR) is 83.8 cm³/mol. The Morgan fingerprint density at radius 3 is 1.95 bits per heavy atom. The fraction of sp³-hybridized carbons (Fsp3) is 0.889. The Morgan fingerprint density at radius 2 is 1.35 bits per heavy atom. The van der Waals surface area contributed by atoms with Crippen LogP contribution in [0.5, 0.6) is 0 Å². The molecule has 0 amide bonds. The molecule has 0 spiro atoms. The number of hydrogen-bond donors (Lipinski definition) is 0. The first-order valence-corrected chi connectivity index (χ1v) is 8.81. The summed E-state index contributed by atoms with van der Waals surface area (Å²) < 4.78 is 0. The van der Waals surface area contributed by atoms with Gasteiger partial charge in [0, 0.05) is 18.8 Å². The van der Waals surface area contributed by atoms with Crippen LogP contribution in [0, 0.1) is 5.92 Å². The highest BCUT2D eigenvalue weighted by Gasteiger charge is 2.19. The molecule has 1 saturated carbocycles. The van der Waals surface area contributed by atoms with Crippen molar-refractivity contribution >= 4 is 12.1 Å². The van der Waals surface area contributed by atoms with Gasteiger partial charge in [-0.15, -0.1) is 0 Å². The van der Waals surface area contributed by atoms with Crippen LogP contribution in [0.1, 0.15) is 96.3 Å². The van der Waals surface area contributed by atoms with E-state index in [0.29, 0.717) is 11.7 Å². The summed E-state index contributed by atoms with van der Waals surface area (Å²) in [6.45, 7) is 0. The van der Waals surface area contributed by atoms with Crippen LogP contribution in [-0.2, 0) is 9.59 Å². The number of unbranched alkanes of at least 4 members (excludes halogenated alkanes) is 8. The Hall–Kier alpha value is -0.660. The summed E-state index contributed by atoms with van der Waals surface area (Å²) in [7, 11) is 0. The van der Waals surface area contributed by atoms with Gasteiger partial charge in [0.15, 0.2) is 0 Å². The van der Waals surface area contributed by atoms with Crippen LogP contribution in [0.3, 0.4) is 0 Å². The van der Waals surface area contributed by atoms with Gasteiger partial charge in [-0.25, -0.2) is 0 Å². The number of Topliss-reactive ketones (excluding diaryl/α,β-unsaturated/α-hetero) is 1. The third-order valence-corrected chi connectivity index (χ3v) is 4.56. The van der Waals surface area contributed by atoms with E-state index in [9.17, 15) is 9.59 Å². The molecular weight excluding hydrogens is 248 g/mol. The second-order valence-electron chi connectivity index (χ2n) is 6.34. The number of rotatable bonds is 12. The molecule has 20 heavy (non-hydrogen) atoms. The van der Waals surface area contributed by atoms with Gasteiger partial charge >= 0.3 is 0 Å². The molecule has 1 aliphatic carbocycles. The van der Waals surface area contributed by atoms with Crippen molar-refractivity contribution in [3.05, 3.63) is 0 Å². The molecule has 0 atom stereocenters. The average molecular weight is 280 g/mol. The van der Waals surface area contributed by atoms with E-state index >= 15 is 0 Å². The fourth-order valence-electron chi connectivity index (χ4n) is 3.22. The minimum atomic E-state index is 0.404. The van der Waals surface area contributed by atoms with Crippen LogP contribution in [0.4, 0.5) is 0 Å². The molecule has 0 N–H and O–H groups in total. The van der Waals surface area contributed by atoms with Crippen LogP contribution < -0.4 is 0 Å². The zero-order valence-electron chi connectivity index (χ0n) is 13.1. The van der Waals surface area contributed by atoms with Gasteiger partial charge in [0.2, 0.25) is 0 Å². The van der Waals surface area contributed by atoms with E-state index < -0.39 is 0 Å². The second kappa shape index (κ2) is 12.1. The second-order valence-corrected chi connectivity index (χ2v) is 6.34. The summed E-state index contributed by atoms with van der Waals surface area (Å²) in [5, 5.41) is 0. The summed E-state index contributed by atoms with van der Waals surface area (Å²) in [4.78, 5) is 22.2. The molecule has 2 nitrogen and oxygen atoms in total. The normalized spacial score (nSPS) is 16.2. The highest BCUT2D eigenvalue weighted by molar-refractivity contribution is 5.80. The maximum Gasteiger partial charge on any atom is 0.135 e. The molecule has 0 bridgehead atoms. The lowest BCUT2D eigenvalue weighted by Crippen LogP contribution is -2.17. The molecule has 1 aliphatic rings. The van der Waals surface area contributed by atoms with Crippen LogP contribution in [0.25, 0.3) is 0 Å². The van der Waals surface area contributed by atoms with Crippen molar-refractivity contribution in [3.8, 4) is 0 Å². The Morgan fingerprint density at radius 1 is 0.800 bits per heavy atom. The molecule has 0 aromatic carbocycles. The molecule has 1 fully saturated rings. The van der Waals surface area contributed by atoms with Gasteiger partial charge < -0.3 is 4.79 Å². The molecule has 0 saturated heterocycles. The molecule has 0 unspecified atom stereocenters. The average Bonchev–Trinajstić information content (AvgIpc) is 2.50. The van der Waals surface area contributed by atoms with E-state index in [4.69, 9.17) is 0 Å². The van der Waals surface area contributed by atoms with Gasteiger partial charge in [0.05, 0.1) is 0 Å². The Balaban J connectivity index is 1.84. The Kier molecular flexibility index (Phi) is 10.5. The molecule has 2 heteroatoms. The smallest absolute Gasteiger partial charge is 0.135 e. The van der Waals surface area contributed by atoms with Gasteiger partial charge in [0.1, 0.15) is 12.1 Å². The van der Waals surface area contributed by atoms with E-state index in [2.05, 4.69) is 0 Å². The summed E-state index contributed by atoms with van der Waals surface area (Å²) in [6, 6.07) is 0. The SMILES string of the molecule is O=CCCCCCCCCCCC(=O)C1CCCCC1. The lowest BCUT2D eigenvalue weighted by atomic mass is 9.84. The van der Waals surface area contributed by atoms with Gasteiger partial charge in [-0.3, -0.25) is 4.79 Å². The monoisotopic (exact) mass is 280 g/mol. The Bertz CT molecular complexity index is 254. The number of carbonyl (C=O) groups excluding carboxylic acids is 2. The van der Waals surface area contributed by atoms with Crippen molar-refractivity contribution < 1.29 is 9.59 Å². The molecule has 1 rings (SSSR count). The first-order valence-electron chi connectivity index (χ1n) is 8.81. The van der Waals surface area contributed by atoms with Crippen molar-refractivity contribution in [2.45, 2.75) is 96.3 Å².